The molecule has 0 saturated heterocycles. The van der Waals surface area contributed by atoms with Crippen molar-refractivity contribution in [3.63, 3.8) is 0 Å². The summed E-state index contributed by atoms with van der Waals surface area (Å²) in [5.74, 6) is 0.262. The first-order valence-electron chi connectivity index (χ1n) is 3.55. The maximum Gasteiger partial charge on any atom is 0.221 e. The van der Waals surface area contributed by atoms with Gasteiger partial charge in [0.15, 0.2) is 0 Å². The second-order valence-electron chi connectivity index (χ2n) is 2.21. The molecule has 5 heteroatoms. The summed E-state index contributed by atoms with van der Waals surface area (Å²) in [6.45, 7) is 0.395. The molecule has 0 radical (unpaired) electrons. The Balaban J connectivity index is 2.22. The highest BCUT2D eigenvalue weighted by Crippen LogP contribution is 1.93. The Bertz CT molecular complexity index is 236. The van der Waals surface area contributed by atoms with E-state index in [4.69, 9.17) is 11.6 Å². The molecule has 1 rings (SSSR count). The molecule has 0 unspecified atom stereocenters. The van der Waals surface area contributed by atoms with Crippen LogP contribution in [0.4, 0.5) is 0 Å². The quantitative estimate of drug-likeness (QED) is 0.715. The van der Waals surface area contributed by atoms with E-state index >= 15 is 0 Å². The van der Waals surface area contributed by atoms with Crippen molar-refractivity contribution in [2.24, 2.45) is 0 Å². The van der Waals surface area contributed by atoms with E-state index in [0.717, 1.165) is 0 Å². The van der Waals surface area contributed by atoms with Gasteiger partial charge in [0, 0.05) is 18.4 Å². The molecule has 12 heavy (non-hydrogen) atoms. The van der Waals surface area contributed by atoms with Crippen LogP contribution < -0.4 is 5.32 Å². The lowest BCUT2D eigenvalue weighted by Crippen LogP contribution is -2.22. The Morgan fingerprint density at radius 1 is 1.75 bits per heavy atom. The first-order chi connectivity index (χ1) is 5.83. The number of halogens is 1. The number of rotatable bonds is 4. The number of aromatic nitrogens is 1. The van der Waals surface area contributed by atoms with Crippen LogP contribution in [0.1, 0.15) is 12.1 Å². The minimum Gasteiger partial charge on any atom is -0.364 e. The number of hydrogen-bond acceptors (Lipinski definition) is 3. The van der Waals surface area contributed by atoms with Crippen molar-refractivity contribution in [2.75, 3.05) is 5.88 Å². The van der Waals surface area contributed by atoms with Crippen molar-refractivity contribution in [3.8, 4) is 0 Å². The van der Waals surface area contributed by atoms with Crippen LogP contribution in [0.5, 0.6) is 0 Å². The number of nitrogens with zero attached hydrogens (tertiary/aromatic N) is 1. The van der Waals surface area contributed by atoms with Gasteiger partial charge >= 0.3 is 0 Å². The van der Waals surface area contributed by atoms with E-state index in [0.29, 0.717) is 24.5 Å². The molecule has 0 saturated carbocycles. The Kier molecular flexibility index (Phi) is 3.60. The molecule has 1 amide bonds. The Labute approximate surface area is 74.9 Å². The zero-order valence-electron chi connectivity index (χ0n) is 6.42. The van der Waals surface area contributed by atoms with Crippen molar-refractivity contribution in [1.29, 1.82) is 0 Å². The maximum absolute atomic E-state index is 10.9. The number of carbonyl (C=O) groups is 1. The summed E-state index contributed by atoms with van der Waals surface area (Å²) in [5.41, 5.74) is 0.706. The molecule has 1 aromatic heterocycles. The Hall–Kier alpha value is -1.03. The highest BCUT2D eigenvalue weighted by Gasteiger charge is 2.00. The molecule has 0 aliphatic heterocycles. The average Bonchev–Trinajstić information content (AvgIpc) is 2.53. The molecule has 0 aliphatic carbocycles. The van der Waals surface area contributed by atoms with Gasteiger partial charge < -0.3 is 9.84 Å². The van der Waals surface area contributed by atoms with Crippen LogP contribution in [0, 0.1) is 0 Å². The fraction of sp³-hybridized carbons (Fsp3) is 0.429. The van der Waals surface area contributed by atoms with Crippen LogP contribution in [-0.2, 0) is 11.3 Å². The monoisotopic (exact) mass is 188 g/mol. The maximum atomic E-state index is 10.9. The minimum atomic E-state index is -0.0759. The molecule has 0 aliphatic rings. The third kappa shape index (κ3) is 2.92. The van der Waals surface area contributed by atoms with Gasteiger partial charge in [-0.15, -0.1) is 11.6 Å². The van der Waals surface area contributed by atoms with Crippen LogP contribution in [0.25, 0.3) is 0 Å². The molecule has 0 spiro atoms. The van der Waals surface area contributed by atoms with Gasteiger partial charge in [-0.25, -0.2) is 0 Å². The van der Waals surface area contributed by atoms with E-state index < -0.39 is 0 Å². The fourth-order valence-electron chi connectivity index (χ4n) is 0.692. The number of hydrogen-bond donors (Lipinski definition) is 1. The summed E-state index contributed by atoms with van der Waals surface area (Å²) in [6.07, 6.45) is 1.79. The van der Waals surface area contributed by atoms with Crippen molar-refractivity contribution >= 4 is 17.5 Å². The van der Waals surface area contributed by atoms with Gasteiger partial charge in [-0.2, -0.15) is 0 Å². The minimum absolute atomic E-state index is 0.0759. The summed E-state index contributed by atoms with van der Waals surface area (Å²) in [5, 5.41) is 6.27. The number of amides is 1. The number of alkyl halides is 1. The van der Waals surface area contributed by atoms with Crippen molar-refractivity contribution in [2.45, 2.75) is 13.0 Å². The zero-order valence-corrected chi connectivity index (χ0v) is 7.17. The standard InChI is InChI=1S/C7H9ClN2O2/c8-3-1-7(11)9-5-6-2-4-12-10-6/h2,4H,1,3,5H2,(H,9,11). The lowest BCUT2D eigenvalue weighted by atomic mass is 10.4. The molecular formula is C7H9ClN2O2. The lowest BCUT2D eigenvalue weighted by molar-refractivity contribution is -0.120. The third-order valence-electron chi connectivity index (χ3n) is 1.28. The smallest absolute Gasteiger partial charge is 0.221 e. The summed E-state index contributed by atoms with van der Waals surface area (Å²) in [7, 11) is 0. The molecule has 0 fully saturated rings. The van der Waals surface area contributed by atoms with Crippen molar-refractivity contribution < 1.29 is 9.32 Å². The predicted octanol–water partition coefficient (Wildman–Crippen LogP) is 0.920. The van der Waals surface area contributed by atoms with Crippen LogP contribution in [-0.4, -0.2) is 16.9 Å². The molecule has 0 atom stereocenters. The molecule has 4 nitrogen and oxygen atoms in total. The van der Waals surface area contributed by atoms with Gasteiger partial charge in [-0.05, 0) is 0 Å². The predicted molar refractivity (Wildman–Crippen MR) is 43.7 cm³/mol. The van der Waals surface area contributed by atoms with Crippen LogP contribution in [0.15, 0.2) is 16.9 Å². The van der Waals surface area contributed by atoms with Crippen molar-refractivity contribution in [3.05, 3.63) is 18.0 Å². The van der Waals surface area contributed by atoms with E-state index in [1.54, 1.807) is 6.07 Å². The van der Waals surface area contributed by atoms with Gasteiger partial charge in [0.05, 0.1) is 6.54 Å². The first-order valence-corrected chi connectivity index (χ1v) is 4.08. The highest BCUT2D eigenvalue weighted by atomic mass is 35.5. The van der Waals surface area contributed by atoms with E-state index in [-0.39, 0.29) is 5.91 Å². The molecule has 1 heterocycles. The topological polar surface area (TPSA) is 55.1 Å². The molecule has 0 aromatic carbocycles. The highest BCUT2D eigenvalue weighted by molar-refractivity contribution is 6.18. The molecule has 66 valence electrons. The summed E-state index contributed by atoms with van der Waals surface area (Å²) in [6, 6.07) is 1.70. The summed E-state index contributed by atoms with van der Waals surface area (Å²) in [4.78, 5) is 10.9. The fourth-order valence-corrected chi connectivity index (χ4v) is 0.864. The van der Waals surface area contributed by atoms with Gasteiger partial charge in [-0.1, -0.05) is 5.16 Å². The third-order valence-corrected chi connectivity index (χ3v) is 1.47. The van der Waals surface area contributed by atoms with Gasteiger partial charge in [-0.3, -0.25) is 4.79 Å². The summed E-state index contributed by atoms with van der Waals surface area (Å²) >= 11 is 5.36. The Morgan fingerprint density at radius 3 is 3.17 bits per heavy atom. The second kappa shape index (κ2) is 4.77. The first kappa shape index (κ1) is 9.06. The molecule has 0 bridgehead atoms. The van der Waals surface area contributed by atoms with Gasteiger partial charge in [0.25, 0.3) is 0 Å². The van der Waals surface area contributed by atoms with Crippen LogP contribution >= 0.6 is 11.6 Å². The second-order valence-corrected chi connectivity index (χ2v) is 2.58. The van der Waals surface area contributed by atoms with E-state index in [1.807, 2.05) is 0 Å². The van der Waals surface area contributed by atoms with E-state index in [9.17, 15) is 4.79 Å². The average molecular weight is 189 g/mol. The lowest BCUT2D eigenvalue weighted by Gasteiger charge is -1.98. The molecular weight excluding hydrogens is 180 g/mol. The summed E-state index contributed by atoms with van der Waals surface area (Å²) < 4.78 is 4.58. The van der Waals surface area contributed by atoms with Crippen LogP contribution in [0.2, 0.25) is 0 Å². The SMILES string of the molecule is O=C(CCCl)NCc1ccon1. The van der Waals surface area contributed by atoms with Gasteiger partial charge in [0.2, 0.25) is 5.91 Å². The number of nitrogens with one attached hydrogen (secondary N) is 1. The normalized spacial score (nSPS) is 9.75. The van der Waals surface area contributed by atoms with Crippen LogP contribution in [0.3, 0.4) is 0 Å². The Morgan fingerprint density at radius 2 is 2.58 bits per heavy atom. The number of carbonyl (C=O) groups excluding carboxylic acids is 1. The van der Waals surface area contributed by atoms with Gasteiger partial charge in [0.1, 0.15) is 12.0 Å². The van der Waals surface area contributed by atoms with E-state index in [2.05, 4.69) is 15.0 Å². The zero-order chi connectivity index (χ0) is 8.81. The van der Waals surface area contributed by atoms with E-state index in [1.165, 1.54) is 6.26 Å². The van der Waals surface area contributed by atoms with Crippen molar-refractivity contribution in [1.82, 2.24) is 10.5 Å². The molecule has 1 aromatic rings. The molecule has 1 N–H and O–H groups in total. The largest absolute Gasteiger partial charge is 0.364 e.